The molecule has 1 unspecified atom stereocenters. The normalized spacial score (nSPS) is 19.3. The first-order valence-corrected chi connectivity index (χ1v) is 4.45. The van der Waals surface area contributed by atoms with Gasteiger partial charge in [-0.2, -0.15) is 0 Å². The summed E-state index contributed by atoms with van der Waals surface area (Å²) in [5.41, 5.74) is 1.86. The fourth-order valence-corrected chi connectivity index (χ4v) is 1.85. The summed E-state index contributed by atoms with van der Waals surface area (Å²) in [5, 5.41) is 8.95. The lowest BCUT2D eigenvalue weighted by Gasteiger charge is -2.20. The largest absolute Gasteiger partial charge is 0.481 e. The maximum atomic E-state index is 10.9. The number of aromatic nitrogens is 1. The molecule has 0 spiro atoms. The van der Waals surface area contributed by atoms with Crippen LogP contribution >= 0.6 is 12.4 Å². The molecule has 76 valence electrons. The Hall–Kier alpha value is -1.09. The van der Waals surface area contributed by atoms with Gasteiger partial charge in [-0.3, -0.25) is 9.78 Å². The van der Waals surface area contributed by atoms with Crippen LogP contribution in [-0.4, -0.2) is 16.1 Å². The number of pyridine rings is 1. The minimum Gasteiger partial charge on any atom is -0.481 e. The molecule has 0 saturated heterocycles. The molecule has 0 aromatic carbocycles. The van der Waals surface area contributed by atoms with Crippen molar-refractivity contribution in [2.45, 2.75) is 25.2 Å². The summed E-state index contributed by atoms with van der Waals surface area (Å²) in [5.74, 6) is -1.13. The van der Waals surface area contributed by atoms with Crippen LogP contribution in [0.3, 0.4) is 0 Å². The molecule has 3 nitrogen and oxygen atoms in total. The van der Waals surface area contributed by atoms with Crippen molar-refractivity contribution in [1.29, 1.82) is 0 Å². The van der Waals surface area contributed by atoms with Gasteiger partial charge in [-0.05, 0) is 30.9 Å². The van der Waals surface area contributed by atoms with E-state index in [0.29, 0.717) is 0 Å². The lowest BCUT2D eigenvalue weighted by Crippen LogP contribution is -2.19. The molecule has 14 heavy (non-hydrogen) atoms. The third-order valence-corrected chi connectivity index (χ3v) is 2.49. The third kappa shape index (κ3) is 1.87. The first-order chi connectivity index (χ1) is 6.29. The Bertz CT molecular complexity index is 341. The number of aryl methyl sites for hydroxylation is 1. The van der Waals surface area contributed by atoms with Crippen molar-refractivity contribution in [3.05, 3.63) is 29.6 Å². The fourth-order valence-electron chi connectivity index (χ4n) is 1.85. The summed E-state index contributed by atoms with van der Waals surface area (Å²) in [6.45, 7) is 0. The van der Waals surface area contributed by atoms with E-state index >= 15 is 0 Å². The van der Waals surface area contributed by atoms with Gasteiger partial charge in [-0.1, -0.05) is 6.07 Å². The van der Waals surface area contributed by atoms with Gasteiger partial charge in [0.2, 0.25) is 0 Å². The van der Waals surface area contributed by atoms with E-state index < -0.39 is 5.97 Å². The topological polar surface area (TPSA) is 50.2 Å². The van der Waals surface area contributed by atoms with Crippen LogP contribution < -0.4 is 0 Å². The quantitative estimate of drug-likeness (QED) is 0.777. The number of carboxylic acid groups (broad SMARTS) is 1. The summed E-state index contributed by atoms with van der Waals surface area (Å²) in [7, 11) is 0. The number of hydrogen-bond donors (Lipinski definition) is 1. The number of carbonyl (C=O) groups is 1. The minimum atomic E-state index is -0.750. The second-order valence-corrected chi connectivity index (χ2v) is 3.33. The molecule has 2 rings (SSSR count). The fraction of sp³-hybridized carbons (Fsp3) is 0.400. The molecule has 0 amide bonds. The Labute approximate surface area is 88.6 Å². The molecule has 1 aromatic rings. The zero-order valence-electron chi connectivity index (χ0n) is 7.64. The molecule has 1 atom stereocenters. The number of halogens is 1. The van der Waals surface area contributed by atoms with E-state index in [4.69, 9.17) is 5.11 Å². The van der Waals surface area contributed by atoms with Crippen molar-refractivity contribution in [2.75, 3.05) is 0 Å². The van der Waals surface area contributed by atoms with Crippen LogP contribution in [-0.2, 0) is 11.2 Å². The average molecular weight is 214 g/mol. The Morgan fingerprint density at radius 3 is 3.07 bits per heavy atom. The zero-order chi connectivity index (χ0) is 9.26. The molecule has 0 radical (unpaired) electrons. The molecule has 0 bridgehead atoms. The standard InChI is InChI=1S/C10H11NO2.ClH/c12-10(13)8-5-1-3-7-4-2-6-11-9(7)8;/h2,4,6,8H,1,3,5H2,(H,12,13);1H. The minimum absolute atomic E-state index is 0. The van der Waals surface area contributed by atoms with Gasteiger partial charge in [0.1, 0.15) is 0 Å². The second kappa shape index (κ2) is 4.42. The molecule has 1 heterocycles. The number of nitrogens with zero attached hydrogens (tertiary/aromatic N) is 1. The molecule has 1 aliphatic carbocycles. The number of rotatable bonds is 1. The SMILES string of the molecule is Cl.O=C(O)C1CCCc2cccnc21. The molecule has 0 fully saturated rings. The predicted molar refractivity (Wildman–Crippen MR) is 54.8 cm³/mol. The van der Waals surface area contributed by atoms with E-state index in [9.17, 15) is 4.79 Å². The van der Waals surface area contributed by atoms with E-state index in [1.54, 1.807) is 6.20 Å². The summed E-state index contributed by atoms with van der Waals surface area (Å²) in [4.78, 5) is 15.0. The van der Waals surface area contributed by atoms with Crippen LogP contribution in [0.2, 0.25) is 0 Å². The van der Waals surface area contributed by atoms with E-state index in [2.05, 4.69) is 4.98 Å². The van der Waals surface area contributed by atoms with Crippen LogP contribution in [0, 0.1) is 0 Å². The van der Waals surface area contributed by atoms with Crippen molar-refractivity contribution in [3.63, 3.8) is 0 Å². The smallest absolute Gasteiger partial charge is 0.312 e. The lowest BCUT2D eigenvalue weighted by molar-refractivity contribution is -0.139. The van der Waals surface area contributed by atoms with E-state index in [0.717, 1.165) is 30.5 Å². The van der Waals surface area contributed by atoms with Gasteiger partial charge >= 0.3 is 5.97 Å². The highest BCUT2D eigenvalue weighted by Crippen LogP contribution is 2.29. The van der Waals surface area contributed by atoms with Crippen molar-refractivity contribution in [1.82, 2.24) is 4.98 Å². The van der Waals surface area contributed by atoms with Crippen LogP contribution in [0.5, 0.6) is 0 Å². The van der Waals surface area contributed by atoms with Gasteiger partial charge in [-0.15, -0.1) is 12.4 Å². The molecular formula is C10H12ClNO2. The van der Waals surface area contributed by atoms with Gasteiger partial charge in [0.15, 0.2) is 0 Å². The van der Waals surface area contributed by atoms with Crippen LogP contribution in [0.1, 0.15) is 30.0 Å². The van der Waals surface area contributed by atoms with Gasteiger partial charge < -0.3 is 5.11 Å². The number of hydrogen-bond acceptors (Lipinski definition) is 2. The van der Waals surface area contributed by atoms with E-state index in [1.807, 2.05) is 12.1 Å². The van der Waals surface area contributed by atoms with Crippen molar-refractivity contribution in [2.24, 2.45) is 0 Å². The first kappa shape index (κ1) is 11.0. The molecule has 1 aliphatic rings. The van der Waals surface area contributed by atoms with E-state index in [1.165, 1.54) is 0 Å². The van der Waals surface area contributed by atoms with Crippen molar-refractivity contribution in [3.8, 4) is 0 Å². The van der Waals surface area contributed by atoms with Crippen LogP contribution in [0.4, 0.5) is 0 Å². The molecule has 1 N–H and O–H groups in total. The van der Waals surface area contributed by atoms with Crippen LogP contribution in [0.25, 0.3) is 0 Å². The Kier molecular flexibility index (Phi) is 3.47. The van der Waals surface area contributed by atoms with Gasteiger partial charge in [0.05, 0.1) is 11.6 Å². The molecule has 0 saturated carbocycles. The summed E-state index contributed by atoms with van der Waals surface area (Å²) in [6.07, 6.45) is 4.31. The molecular weight excluding hydrogens is 202 g/mol. The maximum absolute atomic E-state index is 10.9. The summed E-state index contributed by atoms with van der Waals surface area (Å²) >= 11 is 0. The number of fused-ring (bicyclic) bond motifs is 1. The monoisotopic (exact) mass is 213 g/mol. The highest BCUT2D eigenvalue weighted by atomic mass is 35.5. The summed E-state index contributed by atoms with van der Waals surface area (Å²) in [6, 6.07) is 3.83. The second-order valence-electron chi connectivity index (χ2n) is 3.33. The number of aliphatic carboxylic acids is 1. The highest BCUT2D eigenvalue weighted by molar-refractivity contribution is 5.85. The summed E-state index contributed by atoms with van der Waals surface area (Å²) < 4.78 is 0. The first-order valence-electron chi connectivity index (χ1n) is 4.45. The molecule has 1 aromatic heterocycles. The zero-order valence-corrected chi connectivity index (χ0v) is 8.46. The average Bonchev–Trinajstić information content (AvgIpc) is 2.17. The van der Waals surface area contributed by atoms with Crippen LogP contribution in [0.15, 0.2) is 18.3 Å². The van der Waals surface area contributed by atoms with Crippen molar-refractivity contribution < 1.29 is 9.90 Å². The van der Waals surface area contributed by atoms with Crippen molar-refractivity contribution >= 4 is 18.4 Å². The Balaban J connectivity index is 0.000000980. The molecule has 4 heteroatoms. The Morgan fingerprint density at radius 1 is 1.57 bits per heavy atom. The molecule has 0 aliphatic heterocycles. The third-order valence-electron chi connectivity index (χ3n) is 2.49. The highest BCUT2D eigenvalue weighted by Gasteiger charge is 2.26. The maximum Gasteiger partial charge on any atom is 0.312 e. The lowest BCUT2D eigenvalue weighted by atomic mass is 9.87. The Morgan fingerprint density at radius 2 is 2.36 bits per heavy atom. The van der Waals surface area contributed by atoms with E-state index in [-0.39, 0.29) is 18.3 Å². The van der Waals surface area contributed by atoms with Gasteiger partial charge in [0.25, 0.3) is 0 Å². The number of carboxylic acids is 1. The van der Waals surface area contributed by atoms with Gasteiger partial charge in [0, 0.05) is 6.20 Å². The predicted octanol–water partition coefficient (Wildman–Crippen LogP) is 2.01. The van der Waals surface area contributed by atoms with Gasteiger partial charge in [-0.25, -0.2) is 0 Å².